The number of anilines is 1. The molecule has 0 spiro atoms. The maximum atomic E-state index is 14.0. The second-order valence-corrected chi connectivity index (χ2v) is 12.5. The summed E-state index contributed by atoms with van der Waals surface area (Å²) < 4.78 is 11.7. The van der Waals surface area contributed by atoms with Crippen LogP contribution in [0.15, 0.2) is 17.7 Å². The van der Waals surface area contributed by atoms with Crippen molar-refractivity contribution in [3.05, 3.63) is 27.5 Å². The van der Waals surface area contributed by atoms with Crippen molar-refractivity contribution in [2.75, 3.05) is 18.1 Å². The zero-order valence-corrected chi connectivity index (χ0v) is 22.8. The van der Waals surface area contributed by atoms with Gasteiger partial charge < -0.3 is 19.5 Å². The molecule has 1 aliphatic heterocycles. The van der Waals surface area contributed by atoms with Crippen LogP contribution in [0.4, 0.5) is 5.69 Å². The van der Waals surface area contributed by atoms with E-state index in [1.807, 2.05) is 31.7 Å². The van der Waals surface area contributed by atoms with E-state index in [1.54, 1.807) is 0 Å². The van der Waals surface area contributed by atoms with Crippen molar-refractivity contribution in [3.63, 3.8) is 0 Å². The molecule has 1 unspecified atom stereocenters. The molecule has 3 aliphatic rings. The predicted octanol–water partition coefficient (Wildman–Crippen LogP) is 6.04. The van der Waals surface area contributed by atoms with Crippen molar-refractivity contribution in [3.8, 4) is 11.8 Å². The maximum Gasteiger partial charge on any atom is 0.348 e. The third-order valence-corrected chi connectivity index (χ3v) is 8.26. The number of allylic oxidation sites excluding steroid dienone is 2. The van der Waals surface area contributed by atoms with E-state index in [9.17, 15) is 14.7 Å². The maximum absolute atomic E-state index is 14.0. The highest BCUT2D eigenvalue weighted by Gasteiger charge is 2.37. The molecule has 1 aromatic heterocycles. The average molecular weight is 514 g/mol. The number of carboxylic acids is 1. The molecule has 2 heterocycles. The second kappa shape index (κ2) is 11.5. The second-order valence-electron chi connectivity index (χ2n) is 11.4. The largest absolute Gasteiger partial charge is 0.477 e. The average Bonchev–Trinajstić information content (AvgIpc) is 3.49. The molecule has 7 heteroatoms. The SMILES string of the molecule is CC1=CC[C@@H](C(=O)N(c2cc(C#CC(C)(C)C)sc2C(=O)O)C2CCC(OC3CCOC3)CC2)CC1. The third-order valence-electron chi connectivity index (χ3n) is 7.23. The van der Waals surface area contributed by atoms with Gasteiger partial charge in [0, 0.05) is 24.0 Å². The van der Waals surface area contributed by atoms with Crippen LogP contribution in [0.5, 0.6) is 0 Å². The molecule has 196 valence electrons. The van der Waals surface area contributed by atoms with Gasteiger partial charge in [-0.25, -0.2) is 4.79 Å². The number of hydrogen-bond donors (Lipinski definition) is 1. The van der Waals surface area contributed by atoms with E-state index >= 15 is 0 Å². The highest BCUT2D eigenvalue weighted by Crippen LogP contribution is 2.38. The fourth-order valence-corrected chi connectivity index (χ4v) is 6.08. The van der Waals surface area contributed by atoms with Crippen molar-refractivity contribution in [1.29, 1.82) is 0 Å². The Morgan fingerprint density at radius 3 is 2.47 bits per heavy atom. The van der Waals surface area contributed by atoms with Gasteiger partial charge >= 0.3 is 5.97 Å². The molecule has 1 saturated carbocycles. The number of amides is 1. The molecule has 0 bridgehead atoms. The highest BCUT2D eigenvalue weighted by molar-refractivity contribution is 7.15. The molecule has 1 aromatic rings. The lowest BCUT2D eigenvalue weighted by Crippen LogP contribution is -2.47. The summed E-state index contributed by atoms with van der Waals surface area (Å²) in [6, 6.07) is 1.79. The van der Waals surface area contributed by atoms with Gasteiger partial charge in [0.2, 0.25) is 5.91 Å². The predicted molar refractivity (Wildman–Crippen MR) is 143 cm³/mol. The summed E-state index contributed by atoms with van der Waals surface area (Å²) >= 11 is 1.17. The Morgan fingerprint density at radius 1 is 1.14 bits per heavy atom. The minimum atomic E-state index is -1.01. The van der Waals surface area contributed by atoms with Crippen molar-refractivity contribution < 1.29 is 24.2 Å². The van der Waals surface area contributed by atoms with Gasteiger partial charge in [-0.15, -0.1) is 11.3 Å². The van der Waals surface area contributed by atoms with Crippen LogP contribution in [0.3, 0.4) is 0 Å². The molecule has 1 amide bonds. The molecule has 1 N–H and O–H groups in total. The molecular weight excluding hydrogens is 474 g/mol. The van der Waals surface area contributed by atoms with E-state index in [-0.39, 0.29) is 40.4 Å². The molecule has 6 nitrogen and oxygen atoms in total. The normalized spacial score (nSPS) is 26.6. The molecular formula is C29H39NO5S. The fraction of sp³-hybridized carbons (Fsp3) is 0.655. The van der Waals surface area contributed by atoms with Crippen molar-refractivity contribution in [2.24, 2.45) is 11.3 Å². The van der Waals surface area contributed by atoms with Gasteiger partial charge in [0.1, 0.15) is 4.88 Å². The summed E-state index contributed by atoms with van der Waals surface area (Å²) in [7, 11) is 0. The monoisotopic (exact) mass is 513 g/mol. The number of thiophene rings is 1. The van der Waals surface area contributed by atoms with Crippen molar-refractivity contribution >= 4 is 28.9 Å². The van der Waals surface area contributed by atoms with Gasteiger partial charge in [0.05, 0.1) is 29.4 Å². The summed E-state index contributed by atoms with van der Waals surface area (Å²) in [4.78, 5) is 29.0. The molecule has 36 heavy (non-hydrogen) atoms. The first-order valence-corrected chi connectivity index (χ1v) is 14.0. The van der Waals surface area contributed by atoms with Crippen molar-refractivity contribution in [1.82, 2.24) is 0 Å². The van der Waals surface area contributed by atoms with E-state index in [4.69, 9.17) is 9.47 Å². The van der Waals surface area contributed by atoms with Crippen molar-refractivity contribution in [2.45, 2.75) is 97.3 Å². The van der Waals surface area contributed by atoms with Crippen LogP contribution >= 0.6 is 11.3 Å². The van der Waals surface area contributed by atoms with E-state index < -0.39 is 5.97 Å². The Hall–Kier alpha value is -2.14. The number of nitrogens with zero attached hydrogens (tertiary/aromatic N) is 1. The number of aromatic carboxylic acids is 1. The lowest BCUT2D eigenvalue weighted by Gasteiger charge is -2.39. The third kappa shape index (κ3) is 6.79. The van der Waals surface area contributed by atoms with E-state index in [0.29, 0.717) is 23.6 Å². The Morgan fingerprint density at radius 2 is 1.89 bits per heavy atom. The summed E-state index contributed by atoms with van der Waals surface area (Å²) in [5.74, 6) is 5.28. The van der Waals surface area contributed by atoms with E-state index in [0.717, 1.165) is 51.6 Å². The smallest absolute Gasteiger partial charge is 0.348 e. The first-order valence-electron chi connectivity index (χ1n) is 13.2. The molecule has 2 aliphatic carbocycles. The first kappa shape index (κ1) is 26.9. The summed E-state index contributed by atoms with van der Waals surface area (Å²) in [6.07, 6.45) is 9.17. The Labute approximate surface area is 219 Å². The van der Waals surface area contributed by atoms with Gasteiger partial charge in [-0.3, -0.25) is 4.79 Å². The van der Waals surface area contributed by atoms with Crippen LogP contribution in [0, 0.1) is 23.2 Å². The summed E-state index contributed by atoms with van der Waals surface area (Å²) in [5.41, 5.74) is 1.63. The standard InChI is InChI=1S/C29H39NO5S/c1-19-5-7-20(8-6-19)27(31)30(21-9-11-22(12-10-21)35-23-14-16-34-18-23)25-17-24(13-15-29(2,3)4)36-26(25)28(32)33/h5,17,20-23H,6-12,14,16,18H2,1-4H3,(H,32,33)/t20-,21?,22?,23?/m1/s1. The van der Waals surface area contributed by atoms with Gasteiger partial charge in [0.25, 0.3) is 0 Å². The summed E-state index contributed by atoms with van der Waals surface area (Å²) in [5, 5.41) is 10.1. The molecule has 2 atom stereocenters. The number of carboxylic acid groups (broad SMARTS) is 1. The number of hydrogen-bond acceptors (Lipinski definition) is 5. The summed E-state index contributed by atoms with van der Waals surface area (Å²) in [6.45, 7) is 9.61. The molecule has 0 radical (unpaired) electrons. The quantitative estimate of drug-likeness (QED) is 0.371. The van der Waals surface area contributed by atoms with Gasteiger partial charge in [-0.2, -0.15) is 0 Å². The number of rotatable bonds is 6. The Kier molecular flexibility index (Phi) is 8.59. The Balaban J connectivity index is 1.61. The lowest BCUT2D eigenvalue weighted by molar-refractivity contribution is -0.123. The van der Waals surface area contributed by atoms with Crippen LogP contribution in [-0.4, -0.2) is 48.4 Å². The zero-order chi connectivity index (χ0) is 25.9. The van der Waals surface area contributed by atoms with Gasteiger partial charge in [-0.1, -0.05) is 23.5 Å². The first-order chi connectivity index (χ1) is 17.1. The Bertz CT molecular complexity index is 1040. The fourth-order valence-electron chi connectivity index (χ4n) is 5.24. The number of carbonyl (C=O) groups excluding carboxylic acids is 1. The zero-order valence-electron chi connectivity index (χ0n) is 22.0. The number of ether oxygens (including phenoxy) is 2. The molecule has 4 rings (SSSR count). The van der Waals surface area contributed by atoms with Crippen LogP contribution in [0.2, 0.25) is 0 Å². The molecule has 1 saturated heterocycles. The van der Waals surface area contributed by atoms with Crippen LogP contribution in [0.25, 0.3) is 0 Å². The number of carbonyl (C=O) groups is 2. The van der Waals surface area contributed by atoms with Crippen LogP contribution in [-0.2, 0) is 14.3 Å². The topological polar surface area (TPSA) is 76.1 Å². The van der Waals surface area contributed by atoms with Crippen LogP contribution in [0.1, 0.15) is 93.6 Å². The van der Waals surface area contributed by atoms with Crippen LogP contribution < -0.4 is 4.90 Å². The molecule has 2 fully saturated rings. The molecule has 0 aromatic carbocycles. The minimum absolute atomic E-state index is 0.0414. The van der Waals surface area contributed by atoms with Gasteiger partial charge in [0.15, 0.2) is 0 Å². The highest BCUT2D eigenvalue weighted by atomic mass is 32.1. The van der Waals surface area contributed by atoms with Gasteiger partial charge in [-0.05, 0) is 85.1 Å². The van der Waals surface area contributed by atoms with E-state index in [1.165, 1.54) is 16.9 Å². The van der Waals surface area contributed by atoms with E-state index in [2.05, 4.69) is 24.8 Å². The minimum Gasteiger partial charge on any atom is -0.477 e. The lowest BCUT2D eigenvalue weighted by atomic mass is 9.86.